The third-order valence-corrected chi connectivity index (χ3v) is 4.10. The van der Waals surface area contributed by atoms with Crippen LogP contribution < -0.4 is 10.2 Å². The van der Waals surface area contributed by atoms with Gasteiger partial charge in [-0.15, -0.1) is 0 Å². The van der Waals surface area contributed by atoms with Gasteiger partial charge in [0, 0.05) is 18.8 Å². The minimum atomic E-state index is 0.698. The minimum absolute atomic E-state index is 0.698. The van der Waals surface area contributed by atoms with Crippen LogP contribution in [-0.2, 0) is 4.74 Å². The van der Waals surface area contributed by atoms with Crippen LogP contribution in [0.1, 0.15) is 5.56 Å². The first kappa shape index (κ1) is 14.8. The number of anilines is 3. The van der Waals surface area contributed by atoms with Crippen LogP contribution >= 0.6 is 0 Å². The molecule has 4 rings (SSSR count). The van der Waals surface area contributed by atoms with E-state index in [1.807, 2.05) is 24.3 Å². The van der Waals surface area contributed by atoms with E-state index in [-0.39, 0.29) is 0 Å². The lowest BCUT2D eigenvalue weighted by Gasteiger charge is -2.27. The third kappa shape index (κ3) is 3.00. The summed E-state index contributed by atoms with van der Waals surface area (Å²) in [7, 11) is 0. The lowest BCUT2D eigenvalue weighted by Crippen LogP contribution is -2.36. The van der Waals surface area contributed by atoms with Crippen LogP contribution in [0.4, 0.5) is 17.3 Å². The molecule has 1 N–H and O–H groups in total. The molecule has 0 amide bonds. The Labute approximate surface area is 140 Å². The average Bonchev–Trinajstić information content (AvgIpc) is 2.62. The summed E-state index contributed by atoms with van der Waals surface area (Å²) in [5.41, 5.74) is 2.91. The summed E-state index contributed by atoms with van der Waals surface area (Å²) in [6.07, 6.45) is 1.55. The lowest BCUT2D eigenvalue weighted by atomic mass is 10.2. The molecule has 0 bridgehead atoms. The van der Waals surface area contributed by atoms with Crippen LogP contribution in [0.15, 0.2) is 42.7 Å². The smallest absolute Gasteiger partial charge is 0.166 e. The van der Waals surface area contributed by atoms with E-state index in [9.17, 15) is 0 Å². The van der Waals surface area contributed by atoms with Gasteiger partial charge in [-0.1, -0.05) is 12.1 Å². The number of nitrogens with zero attached hydrogens (tertiary/aromatic N) is 4. The van der Waals surface area contributed by atoms with Crippen LogP contribution in [-0.4, -0.2) is 41.3 Å². The first-order valence-corrected chi connectivity index (χ1v) is 8.08. The molecule has 0 radical (unpaired) electrons. The highest BCUT2D eigenvalue weighted by Gasteiger charge is 2.14. The van der Waals surface area contributed by atoms with Gasteiger partial charge >= 0.3 is 0 Å². The third-order valence-electron chi connectivity index (χ3n) is 4.10. The van der Waals surface area contributed by atoms with Gasteiger partial charge in [0.25, 0.3) is 0 Å². The molecule has 1 aliphatic heterocycles. The van der Waals surface area contributed by atoms with Crippen molar-refractivity contribution in [3.63, 3.8) is 0 Å². The Morgan fingerprint density at radius 2 is 1.96 bits per heavy atom. The summed E-state index contributed by atoms with van der Waals surface area (Å²) < 4.78 is 5.40. The maximum Gasteiger partial charge on any atom is 0.166 e. The molecule has 2 aromatic heterocycles. The Morgan fingerprint density at radius 3 is 2.79 bits per heavy atom. The second kappa shape index (κ2) is 6.41. The number of fused-ring (bicyclic) bond motifs is 1. The Morgan fingerprint density at radius 1 is 1.08 bits per heavy atom. The number of aromatic nitrogens is 3. The average molecular weight is 321 g/mol. The van der Waals surface area contributed by atoms with Crippen LogP contribution in [0.2, 0.25) is 0 Å². The number of nitrogens with one attached hydrogen (secondary N) is 1. The van der Waals surface area contributed by atoms with Gasteiger partial charge < -0.3 is 15.0 Å². The van der Waals surface area contributed by atoms with Crippen molar-refractivity contribution in [1.82, 2.24) is 15.0 Å². The number of pyridine rings is 1. The number of rotatable bonds is 3. The van der Waals surface area contributed by atoms with E-state index in [0.717, 1.165) is 49.0 Å². The molecule has 24 heavy (non-hydrogen) atoms. The molecule has 122 valence electrons. The maximum absolute atomic E-state index is 5.40. The Kier molecular flexibility index (Phi) is 3.96. The first-order chi connectivity index (χ1) is 11.8. The summed E-state index contributed by atoms with van der Waals surface area (Å²) in [5.74, 6) is 1.71. The number of aryl methyl sites for hydroxylation is 1. The van der Waals surface area contributed by atoms with Crippen LogP contribution in [0, 0.1) is 6.92 Å². The molecule has 1 aliphatic rings. The molecule has 0 aliphatic carbocycles. The number of morpholine rings is 1. The Bertz CT molecular complexity index is 861. The van der Waals surface area contributed by atoms with Gasteiger partial charge in [-0.3, -0.25) is 0 Å². The van der Waals surface area contributed by atoms with Gasteiger partial charge in [0.1, 0.15) is 18.0 Å². The second-order valence-corrected chi connectivity index (χ2v) is 5.86. The van der Waals surface area contributed by atoms with Gasteiger partial charge in [-0.05, 0) is 36.8 Å². The highest BCUT2D eigenvalue weighted by molar-refractivity contribution is 5.89. The molecule has 1 saturated heterocycles. The van der Waals surface area contributed by atoms with Crippen molar-refractivity contribution in [2.24, 2.45) is 0 Å². The van der Waals surface area contributed by atoms with Crippen LogP contribution in [0.3, 0.4) is 0 Å². The molecule has 0 saturated carbocycles. The van der Waals surface area contributed by atoms with Gasteiger partial charge in [-0.2, -0.15) is 0 Å². The van der Waals surface area contributed by atoms with E-state index in [0.29, 0.717) is 5.65 Å². The van der Waals surface area contributed by atoms with E-state index in [4.69, 9.17) is 9.72 Å². The van der Waals surface area contributed by atoms with Crippen molar-refractivity contribution in [3.8, 4) is 0 Å². The molecule has 6 nitrogen and oxygen atoms in total. The molecule has 3 aromatic rings. The zero-order valence-electron chi connectivity index (χ0n) is 13.6. The molecule has 1 fully saturated rings. The fourth-order valence-corrected chi connectivity index (χ4v) is 2.86. The summed E-state index contributed by atoms with van der Waals surface area (Å²) in [6.45, 7) is 5.27. The fourth-order valence-electron chi connectivity index (χ4n) is 2.86. The van der Waals surface area contributed by atoms with E-state index >= 15 is 0 Å². The summed E-state index contributed by atoms with van der Waals surface area (Å²) in [6, 6.07) is 12.3. The second-order valence-electron chi connectivity index (χ2n) is 5.86. The monoisotopic (exact) mass is 321 g/mol. The maximum atomic E-state index is 5.40. The molecule has 3 heterocycles. The zero-order chi connectivity index (χ0) is 16.4. The highest BCUT2D eigenvalue weighted by Crippen LogP contribution is 2.25. The quantitative estimate of drug-likeness (QED) is 0.800. The number of benzene rings is 1. The summed E-state index contributed by atoms with van der Waals surface area (Å²) >= 11 is 0. The molecular formula is C18H19N5O. The van der Waals surface area contributed by atoms with E-state index in [2.05, 4.69) is 39.2 Å². The van der Waals surface area contributed by atoms with Crippen molar-refractivity contribution in [2.45, 2.75) is 6.92 Å². The lowest BCUT2D eigenvalue weighted by molar-refractivity contribution is 0.122. The van der Waals surface area contributed by atoms with Crippen LogP contribution in [0.25, 0.3) is 11.0 Å². The first-order valence-electron chi connectivity index (χ1n) is 8.08. The highest BCUT2D eigenvalue weighted by atomic mass is 16.5. The summed E-state index contributed by atoms with van der Waals surface area (Å²) in [4.78, 5) is 15.6. The van der Waals surface area contributed by atoms with Crippen molar-refractivity contribution >= 4 is 28.4 Å². The van der Waals surface area contributed by atoms with Gasteiger partial charge in [-0.25, -0.2) is 15.0 Å². The number of hydrogen-bond donors (Lipinski definition) is 1. The van der Waals surface area contributed by atoms with E-state index in [1.165, 1.54) is 5.56 Å². The standard InChI is InChI=1S/C18H19N5O/c1-13-3-2-4-14(11-13)21-17-15-5-6-16(22-18(15)20-12-19-17)23-7-9-24-10-8-23/h2-6,11-12H,7-10H2,1H3,(H,19,20,21,22). The van der Waals surface area contributed by atoms with Gasteiger partial charge in [0.15, 0.2) is 5.65 Å². The van der Waals surface area contributed by atoms with E-state index < -0.39 is 0 Å². The molecule has 0 spiro atoms. The predicted molar refractivity (Wildman–Crippen MR) is 94.8 cm³/mol. The van der Waals surface area contributed by atoms with Crippen molar-refractivity contribution in [2.75, 3.05) is 36.5 Å². The predicted octanol–water partition coefficient (Wildman–Crippen LogP) is 2.91. The topological polar surface area (TPSA) is 63.2 Å². The summed E-state index contributed by atoms with van der Waals surface area (Å²) in [5, 5.41) is 4.28. The van der Waals surface area contributed by atoms with Gasteiger partial charge in [0.2, 0.25) is 0 Å². The SMILES string of the molecule is Cc1cccc(Nc2ncnc3nc(N4CCOCC4)ccc23)c1. The minimum Gasteiger partial charge on any atom is -0.378 e. The normalized spacial score (nSPS) is 14.8. The Hall–Kier alpha value is -2.73. The Balaban J connectivity index is 1.67. The van der Waals surface area contributed by atoms with Crippen molar-refractivity contribution in [3.05, 3.63) is 48.3 Å². The molecular weight excluding hydrogens is 302 g/mol. The molecule has 1 aromatic carbocycles. The largest absolute Gasteiger partial charge is 0.378 e. The zero-order valence-corrected chi connectivity index (χ0v) is 13.6. The fraction of sp³-hybridized carbons (Fsp3) is 0.278. The van der Waals surface area contributed by atoms with Crippen LogP contribution in [0.5, 0.6) is 0 Å². The number of hydrogen-bond acceptors (Lipinski definition) is 6. The molecule has 0 unspecified atom stereocenters. The molecule has 6 heteroatoms. The molecule has 0 atom stereocenters. The van der Waals surface area contributed by atoms with E-state index in [1.54, 1.807) is 6.33 Å². The number of ether oxygens (including phenoxy) is 1. The van der Waals surface area contributed by atoms with Gasteiger partial charge in [0.05, 0.1) is 18.6 Å². The van der Waals surface area contributed by atoms with Crippen molar-refractivity contribution in [1.29, 1.82) is 0 Å². The van der Waals surface area contributed by atoms with Crippen molar-refractivity contribution < 1.29 is 4.74 Å².